The van der Waals surface area contributed by atoms with Gasteiger partial charge in [-0.2, -0.15) is 4.37 Å². The lowest BCUT2D eigenvalue weighted by atomic mass is 10.2. The standard InChI is InChI=1S/C21H32N8S.HI/c1-3-18-25-21(30-26-18)29-13-11-28(12-14-29)20(22-4-2)24-16-17-7-8-23-19(15-17)27-9-5-6-10-27;/h7-8,15H,3-6,9-14,16H2,1-2H3,(H,22,24);1H. The van der Waals surface area contributed by atoms with E-state index < -0.39 is 0 Å². The molecule has 0 unspecified atom stereocenters. The van der Waals surface area contributed by atoms with Gasteiger partial charge in [0.25, 0.3) is 0 Å². The van der Waals surface area contributed by atoms with E-state index in [1.54, 1.807) is 0 Å². The normalized spacial score (nSPS) is 17.1. The highest BCUT2D eigenvalue weighted by Crippen LogP contribution is 2.20. The van der Waals surface area contributed by atoms with Gasteiger partial charge in [0, 0.05) is 70.0 Å². The molecule has 2 aromatic heterocycles. The number of aliphatic imine (C=N–C) groups is 1. The number of guanidine groups is 1. The molecule has 0 spiro atoms. The Morgan fingerprint density at radius 2 is 1.87 bits per heavy atom. The van der Waals surface area contributed by atoms with Crippen molar-refractivity contribution >= 4 is 52.4 Å². The van der Waals surface area contributed by atoms with Crippen LogP contribution in [0.5, 0.6) is 0 Å². The first-order chi connectivity index (χ1) is 14.8. The molecule has 8 nitrogen and oxygen atoms in total. The minimum absolute atomic E-state index is 0. The van der Waals surface area contributed by atoms with Gasteiger partial charge in [-0.05, 0) is 37.5 Å². The van der Waals surface area contributed by atoms with E-state index in [2.05, 4.69) is 60.3 Å². The van der Waals surface area contributed by atoms with Crippen LogP contribution in [-0.2, 0) is 13.0 Å². The Morgan fingerprint density at radius 1 is 1.10 bits per heavy atom. The fourth-order valence-corrected chi connectivity index (χ4v) is 4.70. The highest BCUT2D eigenvalue weighted by molar-refractivity contribution is 14.0. The smallest absolute Gasteiger partial charge is 0.205 e. The summed E-state index contributed by atoms with van der Waals surface area (Å²) in [5.41, 5.74) is 1.21. The van der Waals surface area contributed by atoms with E-state index in [0.717, 1.165) is 75.0 Å². The number of aryl methyl sites for hydroxylation is 1. The molecular formula is C21H33IN8S. The van der Waals surface area contributed by atoms with E-state index >= 15 is 0 Å². The predicted octanol–water partition coefficient (Wildman–Crippen LogP) is 3.00. The molecule has 2 aliphatic heterocycles. The maximum atomic E-state index is 4.93. The quantitative estimate of drug-likeness (QED) is 0.333. The van der Waals surface area contributed by atoms with Crippen LogP contribution in [0.25, 0.3) is 0 Å². The molecule has 2 aliphatic rings. The van der Waals surface area contributed by atoms with Crippen molar-refractivity contribution in [1.29, 1.82) is 0 Å². The Morgan fingerprint density at radius 3 is 2.55 bits per heavy atom. The lowest BCUT2D eigenvalue weighted by Gasteiger charge is -2.36. The molecule has 2 fully saturated rings. The van der Waals surface area contributed by atoms with Crippen molar-refractivity contribution in [3.63, 3.8) is 0 Å². The number of nitrogens with zero attached hydrogens (tertiary/aromatic N) is 7. The molecule has 0 bridgehead atoms. The molecule has 0 radical (unpaired) electrons. The van der Waals surface area contributed by atoms with E-state index in [0.29, 0.717) is 6.54 Å². The number of halogens is 1. The van der Waals surface area contributed by atoms with Gasteiger partial charge in [-0.15, -0.1) is 24.0 Å². The van der Waals surface area contributed by atoms with Crippen molar-refractivity contribution in [3.05, 3.63) is 29.7 Å². The van der Waals surface area contributed by atoms with Gasteiger partial charge >= 0.3 is 0 Å². The second-order valence-electron chi connectivity index (χ2n) is 7.71. The Balaban J connectivity index is 0.00000272. The third-order valence-corrected chi connectivity index (χ3v) is 6.42. The van der Waals surface area contributed by atoms with Crippen LogP contribution in [0, 0.1) is 0 Å². The molecule has 0 aromatic carbocycles. The summed E-state index contributed by atoms with van der Waals surface area (Å²) >= 11 is 1.51. The predicted molar refractivity (Wildman–Crippen MR) is 139 cm³/mol. The number of pyridine rings is 1. The number of piperazine rings is 1. The van der Waals surface area contributed by atoms with E-state index in [1.807, 2.05) is 6.20 Å². The molecule has 0 amide bonds. The van der Waals surface area contributed by atoms with E-state index in [9.17, 15) is 0 Å². The molecule has 31 heavy (non-hydrogen) atoms. The molecule has 0 atom stereocenters. The second kappa shape index (κ2) is 11.8. The van der Waals surface area contributed by atoms with E-state index in [-0.39, 0.29) is 24.0 Å². The van der Waals surface area contributed by atoms with Crippen LogP contribution in [-0.4, -0.2) is 71.0 Å². The van der Waals surface area contributed by atoms with Crippen LogP contribution in [0.15, 0.2) is 23.3 Å². The number of hydrogen-bond acceptors (Lipinski definition) is 7. The van der Waals surface area contributed by atoms with Gasteiger partial charge in [0.1, 0.15) is 11.6 Å². The van der Waals surface area contributed by atoms with Crippen molar-refractivity contribution in [2.45, 2.75) is 39.7 Å². The molecule has 4 rings (SSSR count). The first-order valence-electron chi connectivity index (χ1n) is 11.1. The summed E-state index contributed by atoms with van der Waals surface area (Å²) in [6.07, 6.45) is 5.33. The zero-order valence-corrected chi connectivity index (χ0v) is 21.6. The largest absolute Gasteiger partial charge is 0.357 e. The van der Waals surface area contributed by atoms with Crippen LogP contribution in [0.2, 0.25) is 0 Å². The molecule has 170 valence electrons. The Labute approximate surface area is 206 Å². The number of rotatable bonds is 6. The maximum absolute atomic E-state index is 4.93. The average molecular weight is 557 g/mol. The Kier molecular flexibility index (Phi) is 9.12. The van der Waals surface area contributed by atoms with Crippen LogP contribution in [0.1, 0.15) is 38.1 Å². The summed E-state index contributed by atoms with van der Waals surface area (Å²) in [5.74, 6) is 3.02. The molecule has 1 N–H and O–H groups in total. The van der Waals surface area contributed by atoms with Gasteiger partial charge in [0.05, 0.1) is 6.54 Å². The highest BCUT2D eigenvalue weighted by atomic mass is 127. The molecule has 4 heterocycles. The summed E-state index contributed by atoms with van der Waals surface area (Å²) in [7, 11) is 0. The fraction of sp³-hybridized carbons (Fsp3) is 0.619. The fourth-order valence-electron chi connectivity index (χ4n) is 3.90. The molecule has 0 saturated carbocycles. The highest BCUT2D eigenvalue weighted by Gasteiger charge is 2.22. The van der Waals surface area contributed by atoms with Crippen LogP contribution < -0.4 is 15.1 Å². The minimum atomic E-state index is 0. The first-order valence-corrected chi connectivity index (χ1v) is 11.8. The number of hydrogen-bond donors (Lipinski definition) is 1. The molecular weight excluding hydrogens is 523 g/mol. The van der Waals surface area contributed by atoms with Crippen LogP contribution in [0.3, 0.4) is 0 Å². The second-order valence-corrected chi connectivity index (χ2v) is 8.44. The van der Waals surface area contributed by atoms with Crippen molar-refractivity contribution < 1.29 is 0 Å². The maximum Gasteiger partial charge on any atom is 0.205 e. The summed E-state index contributed by atoms with van der Waals surface area (Å²) < 4.78 is 4.42. The lowest BCUT2D eigenvalue weighted by molar-refractivity contribution is 0.372. The van der Waals surface area contributed by atoms with Crippen molar-refractivity contribution in [1.82, 2.24) is 24.6 Å². The Bertz CT molecular complexity index is 843. The average Bonchev–Trinajstić information content (AvgIpc) is 3.49. The van der Waals surface area contributed by atoms with Gasteiger partial charge in [-0.25, -0.2) is 15.0 Å². The minimum Gasteiger partial charge on any atom is -0.357 e. The van der Waals surface area contributed by atoms with E-state index in [1.165, 1.54) is 29.9 Å². The topological polar surface area (TPSA) is 72.8 Å². The van der Waals surface area contributed by atoms with Gasteiger partial charge in [0.2, 0.25) is 5.13 Å². The number of nitrogens with one attached hydrogen (secondary N) is 1. The summed E-state index contributed by atoms with van der Waals surface area (Å²) in [6.45, 7) is 11.7. The zero-order chi connectivity index (χ0) is 20.8. The third kappa shape index (κ3) is 6.18. The summed E-state index contributed by atoms with van der Waals surface area (Å²) in [6, 6.07) is 4.27. The molecule has 10 heteroatoms. The SMILES string of the molecule is CCNC(=NCc1ccnc(N2CCCC2)c1)N1CCN(c2nc(CC)ns2)CC1.I. The first kappa shape index (κ1) is 24.0. The summed E-state index contributed by atoms with van der Waals surface area (Å²) in [5, 5.41) is 4.51. The van der Waals surface area contributed by atoms with Crippen LogP contribution >= 0.6 is 35.5 Å². The third-order valence-electron chi connectivity index (χ3n) is 5.61. The van der Waals surface area contributed by atoms with Crippen molar-refractivity contribution in [3.8, 4) is 0 Å². The van der Waals surface area contributed by atoms with Gasteiger partial charge in [-0.1, -0.05) is 6.92 Å². The van der Waals surface area contributed by atoms with E-state index in [4.69, 9.17) is 4.99 Å². The number of aromatic nitrogens is 3. The Hall–Kier alpha value is -1.69. The van der Waals surface area contributed by atoms with Crippen molar-refractivity contribution in [2.24, 2.45) is 4.99 Å². The van der Waals surface area contributed by atoms with Gasteiger partial charge in [0.15, 0.2) is 5.96 Å². The summed E-state index contributed by atoms with van der Waals surface area (Å²) in [4.78, 5) is 21.2. The number of anilines is 2. The lowest BCUT2D eigenvalue weighted by Crippen LogP contribution is -2.52. The molecule has 2 aromatic rings. The van der Waals surface area contributed by atoms with Crippen molar-refractivity contribution in [2.75, 3.05) is 55.6 Å². The van der Waals surface area contributed by atoms with Gasteiger partial charge < -0.3 is 20.0 Å². The van der Waals surface area contributed by atoms with Crippen LogP contribution in [0.4, 0.5) is 10.9 Å². The molecule has 0 aliphatic carbocycles. The monoisotopic (exact) mass is 556 g/mol. The molecule has 2 saturated heterocycles. The van der Waals surface area contributed by atoms with Gasteiger partial charge in [-0.3, -0.25) is 0 Å². The zero-order valence-electron chi connectivity index (χ0n) is 18.5.